The Morgan fingerprint density at radius 3 is 1.65 bits per heavy atom. The molecule has 0 radical (unpaired) electrons. The summed E-state index contributed by atoms with van der Waals surface area (Å²) in [4.78, 5) is 49.0. The second-order valence-corrected chi connectivity index (χ2v) is 6.29. The minimum Gasteiger partial charge on any atom is -0.369 e. The van der Waals surface area contributed by atoms with Crippen molar-refractivity contribution in [3.8, 4) is 0 Å². The van der Waals surface area contributed by atoms with E-state index in [1.54, 1.807) is 0 Å². The highest BCUT2D eigenvalue weighted by Gasteiger charge is 2.67. The largest absolute Gasteiger partial charge is 0.369 e. The van der Waals surface area contributed by atoms with Gasteiger partial charge in [-0.15, -0.1) is 0 Å². The van der Waals surface area contributed by atoms with Crippen LogP contribution in [0.4, 0.5) is 0 Å². The predicted octanol–water partition coefficient (Wildman–Crippen LogP) is -3.50. The van der Waals surface area contributed by atoms with Crippen LogP contribution in [0.25, 0.3) is 0 Å². The molecule has 1 saturated heterocycles. The Hall–Kier alpha value is -2.28. The first kappa shape index (κ1) is 21.8. The molecule has 0 saturated carbocycles. The molecule has 12 N–H and O–H groups in total. The number of amides is 4. The van der Waals surface area contributed by atoms with Crippen molar-refractivity contribution in [3.05, 3.63) is 0 Å². The summed E-state index contributed by atoms with van der Waals surface area (Å²) in [5.74, 6) is -5.25. The maximum atomic E-state index is 12.3. The molecular formula is C14H28N8O4. The fraction of sp³-hybridized carbons (Fsp3) is 0.714. The smallest absolute Gasteiger partial charge is 0.250 e. The lowest BCUT2D eigenvalue weighted by atomic mass is 9.64. The Balaban J connectivity index is 3.41. The first-order chi connectivity index (χ1) is 12.2. The van der Waals surface area contributed by atoms with Gasteiger partial charge in [0.25, 0.3) is 11.8 Å². The SMILES string of the molecule is NC(=O)C1(C(N)=O)CCCCCCCCNNNNC1(C(N)=O)C(N)=O. The zero-order chi connectivity index (χ0) is 19.8. The van der Waals surface area contributed by atoms with Gasteiger partial charge < -0.3 is 22.9 Å². The van der Waals surface area contributed by atoms with Gasteiger partial charge in [-0.2, -0.15) is 11.1 Å². The number of nitrogens with one attached hydrogen (secondary N) is 4. The van der Waals surface area contributed by atoms with Gasteiger partial charge in [0.05, 0.1) is 0 Å². The van der Waals surface area contributed by atoms with Crippen molar-refractivity contribution in [2.45, 2.75) is 50.5 Å². The van der Waals surface area contributed by atoms with Crippen molar-refractivity contribution in [2.24, 2.45) is 28.3 Å². The lowest BCUT2D eigenvalue weighted by molar-refractivity contribution is -0.160. The van der Waals surface area contributed by atoms with Crippen LogP contribution in [0, 0.1) is 5.41 Å². The molecule has 1 rings (SSSR count). The molecule has 0 aromatic carbocycles. The average Bonchev–Trinajstić information content (AvgIpc) is 2.55. The van der Waals surface area contributed by atoms with Gasteiger partial charge in [-0.25, -0.2) is 10.9 Å². The van der Waals surface area contributed by atoms with Crippen molar-refractivity contribution < 1.29 is 19.2 Å². The molecule has 1 heterocycles. The molecule has 1 aliphatic heterocycles. The van der Waals surface area contributed by atoms with E-state index in [1.807, 2.05) is 0 Å². The van der Waals surface area contributed by atoms with Crippen molar-refractivity contribution >= 4 is 23.6 Å². The topological polar surface area (TPSA) is 220 Å². The zero-order valence-corrected chi connectivity index (χ0v) is 14.6. The first-order valence-corrected chi connectivity index (χ1v) is 8.43. The third-order valence-corrected chi connectivity index (χ3v) is 4.73. The fourth-order valence-electron chi connectivity index (χ4n) is 3.24. The molecule has 4 amide bonds. The van der Waals surface area contributed by atoms with Crippen LogP contribution in [-0.4, -0.2) is 35.7 Å². The molecule has 0 atom stereocenters. The van der Waals surface area contributed by atoms with Crippen LogP contribution in [0.2, 0.25) is 0 Å². The number of rotatable bonds is 4. The summed E-state index contributed by atoms with van der Waals surface area (Å²) in [7, 11) is 0. The molecule has 26 heavy (non-hydrogen) atoms. The number of primary amides is 4. The maximum Gasteiger partial charge on any atom is 0.250 e. The van der Waals surface area contributed by atoms with Crippen molar-refractivity contribution in [3.63, 3.8) is 0 Å². The molecule has 0 aromatic rings. The van der Waals surface area contributed by atoms with E-state index in [9.17, 15) is 19.2 Å². The van der Waals surface area contributed by atoms with Crippen LogP contribution in [0.5, 0.6) is 0 Å². The monoisotopic (exact) mass is 372 g/mol. The van der Waals surface area contributed by atoms with E-state index in [0.717, 1.165) is 25.7 Å². The Bertz CT molecular complexity index is 477. The van der Waals surface area contributed by atoms with E-state index in [0.29, 0.717) is 19.4 Å². The Morgan fingerprint density at radius 2 is 1.15 bits per heavy atom. The molecule has 0 bridgehead atoms. The molecule has 0 spiro atoms. The third-order valence-electron chi connectivity index (χ3n) is 4.73. The minimum absolute atomic E-state index is 0.258. The molecule has 0 aromatic heterocycles. The number of hydrogen-bond acceptors (Lipinski definition) is 8. The lowest BCUT2D eigenvalue weighted by Crippen LogP contribution is -2.81. The molecular weight excluding hydrogens is 344 g/mol. The Labute approximate surface area is 151 Å². The van der Waals surface area contributed by atoms with Crippen molar-refractivity contribution in [2.75, 3.05) is 6.54 Å². The molecule has 1 aliphatic rings. The highest BCUT2D eigenvalue weighted by molar-refractivity contribution is 6.21. The summed E-state index contributed by atoms with van der Waals surface area (Å²) in [6.45, 7) is 0.589. The van der Waals surface area contributed by atoms with Gasteiger partial charge in [-0.1, -0.05) is 32.1 Å². The molecule has 1 fully saturated rings. The fourth-order valence-corrected chi connectivity index (χ4v) is 3.24. The zero-order valence-electron chi connectivity index (χ0n) is 14.6. The van der Waals surface area contributed by atoms with E-state index in [2.05, 4.69) is 21.9 Å². The van der Waals surface area contributed by atoms with Gasteiger partial charge in [0.15, 0.2) is 5.41 Å². The number of carbonyl (C=O) groups excluding carboxylic acids is 4. The van der Waals surface area contributed by atoms with Crippen LogP contribution in [0.15, 0.2) is 0 Å². The van der Waals surface area contributed by atoms with Gasteiger partial charge >= 0.3 is 0 Å². The highest BCUT2D eigenvalue weighted by atomic mass is 16.2. The second-order valence-electron chi connectivity index (χ2n) is 6.29. The highest BCUT2D eigenvalue weighted by Crippen LogP contribution is 2.37. The molecule has 12 heteroatoms. The predicted molar refractivity (Wildman–Crippen MR) is 91.7 cm³/mol. The third kappa shape index (κ3) is 4.09. The van der Waals surface area contributed by atoms with Crippen molar-refractivity contribution in [1.29, 1.82) is 0 Å². The first-order valence-electron chi connectivity index (χ1n) is 8.43. The van der Waals surface area contributed by atoms with E-state index in [4.69, 9.17) is 22.9 Å². The van der Waals surface area contributed by atoms with Gasteiger partial charge in [0.2, 0.25) is 17.4 Å². The number of nitrogens with two attached hydrogens (primary N) is 4. The van der Waals surface area contributed by atoms with Crippen LogP contribution in [-0.2, 0) is 19.2 Å². The van der Waals surface area contributed by atoms with E-state index in [1.165, 1.54) is 0 Å². The second kappa shape index (κ2) is 9.43. The standard InChI is InChI=1S/C14H28N8O4/c15-9(23)13(10(16)24)7-5-3-1-2-4-6-8-19-21-22-20-14(13,11(17)25)12(18)26/h19-22H,1-8H2,(H2,15,23)(H2,16,24)(H2,17,25)(H2,18,26). The minimum atomic E-state index is -2.66. The Morgan fingerprint density at radius 1 is 0.654 bits per heavy atom. The van der Waals surface area contributed by atoms with Crippen LogP contribution in [0.3, 0.4) is 0 Å². The van der Waals surface area contributed by atoms with E-state index in [-0.39, 0.29) is 6.42 Å². The van der Waals surface area contributed by atoms with Crippen molar-refractivity contribution in [1.82, 2.24) is 21.9 Å². The van der Waals surface area contributed by atoms with Gasteiger partial charge in [0, 0.05) is 6.54 Å². The summed E-state index contributed by atoms with van der Waals surface area (Å²) in [5.41, 5.74) is 26.4. The van der Waals surface area contributed by atoms with Gasteiger partial charge in [-0.3, -0.25) is 19.2 Å². The summed E-state index contributed by atoms with van der Waals surface area (Å²) in [6.07, 6.45) is 4.39. The van der Waals surface area contributed by atoms with Gasteiger partial charge in [-0.05, 0) is 12.8 Å². The number of hydrazine groups is 3. The number of carbonyl (C=O) groups is 4. The van der Waals surface area contributed by atoms with E-state index < -0.39 is 34.6 Å². The molecule has 0 unspecified atom stereocenters. The van der Waals surface area contributed by atoms with Crippen LogP contribution < -0.4 is 44.9 Å². The molecule has 12 nitrogen and oxygen atoms in total. The Kier molecular flexibility index (Phi) is 7.89. The van der Waals surface area contributed by atoms with Gasteiger partial charge in [0.1, 0.15) is 0 Å². The summed E-state index contributed by atoms with van der Waals surface area (Å²) in [5, 5.41) is 0. The van der Waals surface area contributed by atoms with E-state index >= 15 is 0 Å². The quantitative estimate of drug-likeness (QED) is 0.231. The van der Waals surface area contributed by atoms with Crippen LogP contribution in [0.1, 0.15) is 44.9 Å². The summed E-state index contributed by atoms with van der Waals surface area (Å²) in [6, 6.07) is 0. The maximum absolute atomic E-state index is 12.3. The lowest BCUT2D eigenvalue weighted by Gasteiger charge is -2.42. The molecule has 148 valence electrons. The summed E-state index contributed by atoms with van der Waals surface area (Å²) >= 11 is 0. The van der Waals surface area contributed by atoms with Crippen LogP contribution >= 0.6 is 0 Å². The molecule has 0 aliphatic carbocycles. The number of hydrogen-bond donors (Lipinski definition) is 8. The summed E-state index contributed by atoms with van der Waals surface area (Å²) < 4.78 is 0. The normalized spacial score (nSPS) is 21.8. The average molecular weight is 372 g/mol.